The van der Waals surface area contributed by atoms with Crippen LogP contribution in [0.15, 0.2) is 32.2 Å². The molecule has 0 bridgehead atoms. The third-order valence-corrected chi connectivity index (χ3v) is 3.98. The largest absolute Gasteiger partial charge is 0.238 e. The van der Waals surface area contributed by atoms with Gasteiger partial charge in [-0.3, -0.25) is 0 Å². The fraction of sp³-hybridized carbons (Fsp3) is 0.125. The number of aromatic nitrogens is 3. The highest BCUT2D eigenvalue weighted by Gasteiger charge is 2.05. The molecule has 0 saturated carbocycles. The smallest absolute Gasteiger partial charge is 0.189 e. The van der Waals surface area contributed by atoms with Crippen LogP contribution < -0.4 is 0 Å². The molecule has 0 N–H and O–H groups in total. The molecule has 0 unspecified atom stereocenters. The minimum atomic E-state index is 0.466. The molecule has 0 atom stereocenters. The predicted molar refractivity (Wildman–Crippen MR) is 65.1 cm³/mol. The number of hydrogen-bond donors (Lipinski definition) is 0. The van der Waals surface area contributed by atoms with E-state index in [0.29, 0.717) is 10.3 Å². The van der Waals surface area contributed by atoms with Gasteiger partial charge in [-0.1, -0.05) is 23.4 Å². The average Bonchev–Trinajstić information content (AvgIpc) is 2.69. The molecule has 0 aromatic carbocycles. The highest BCUT2D eigenvalue weighted by molar-refractivity contribution is 8.01. The van der Waals surface area contributed by atoms with Crippen LogP contribution in [-0.4, -0.2) is 21.2 Å². The zero-order valence-corrected chi connectivity index (χ0v) is 10.9. The summed E-state index contributed by atoms with van der Waals surface area (Å²) < 4.78 is 0.955. The summed E-state index contributed by atoms with van der Waals surface area (Å²) in [6.07, 6.45) is 3.69. The molecule has 2 aromatic rings. The Morgan fingerprint density at radius 3 is 2.93 bits per heavy atom. The van der Waals surface area contributed by atoms with Crippen molar-refractivity contribution in [1.29, 1.82) is 0 Å². The lowest BCUT2D eigenvalue weighted by molar-refractivity contribution is 0.894. The summed E-state index contributed by atoms with van der Waals surface area (Å²) in [6, 6.07) is 1.74. The molecule has 0 radical (unpaired) electrons. The minimum Gasteiger partial charge on any atom is -0.238 e. The molecule has 15 heavy (non-hydrogen) atoms. The molecule has 0 fully saturated rings. The van der Waals surface area contributed by atoms with Gasteiger partial charge in [-0.15, -0.1) is 11.3 Å². The standard InChI is InChI=1S/C8H6ClN3S3/c1-13-7-11-5(9)4-6(12-7)15-8-10-2-3-14-8/h2-4H,1H3. The first-order chi connectivity index (χ1) is 7.28. The van der Waals surface area contributed by atoms with Crippen molar-refractivity contribution in [2.24, 2.45) is 0 Å². The maximum Gasteiger partial charge on any atom is 0.189 e. The van der Waals surface area contributed by atoms with Crippen LogP contribution in [0.25, 0.3) is 0 Å². The lowest BCUT2D eigenvalue weighted by Crippen LogP contribution is -1.88. The predicted octanol–water partition coefficient (Wildman–Crippen LogP) is 3.46. The summed E-state index contributed by atoms with van der Waals surface area (Å²) in [4.78, 5) is 12.6. The Kier molecular flexibility index (Phi) is 3.85. The van der Waals surface area contributed by atoms with Gasteiger partial charge in [0.05, 0.1) is 0 Å². The van der Waals surface area contributed by atoms with Gasteiger partial charge in [-0.2, -0.15) is 0 Å². The van der Waals surface area contributed by atoms with Crippen LogP contribution in [-0.2, 0) is 0 Å². The first-order valence-corrected chi connectivity index (χ1v) is 7.24. The van der Waals surface area contributed by atoms with Crippen molar-refractivity contribution in [2.45, 2.75) is 14.5 Å². The molecule has 3 nitrogen and oxygen atoms in total. The van der Waals surface area contributed by atoms with Crippen molar-refractivity contribution in [3.8, 4) is 0 Å². The summed E-state index contributed by atoms with van der Waals surface area (Å²) in [5, 5.41) is 3.91. The van der Waals surface area contributed by atoms with Gasteiger partial charge in [-0.05, 0) is 18.0 Å². The Morgan fingerprint density at radius 1 is 1.40 bits per heavy atom. The molecule has 7 heteroatoms. The lowest BCUT2D eigenvalue weighted by atomic mass is 10.7. The molecule has 0 amide bonds. The van der Waals surface area contributed by atoms with E-state index in [1.165, 1.54) is 23.5 Å². The number of nitrogens with zero attached hydrogens (tertiary/aromatic N) is 3. The molecule has 2 rings (SSSR count). The van der Waals surface area contributed by atoms with E-state index in [1.54, 1.807) is 23.6 Å². The Balaban J connectivity index is 2.24. The van der Waals surface area contributed by atoms with Crippen LogP contribution in [0.1, 0.15) is 0 Å². The number of rotatable bonds is 3. The summed E-state index contributed by atoms with van der Waals surface area (Å²) in [7, 11) is 0. The van der Waals surface area contributed by atoms with Crippen molar-refractivity contribution in [3.63, 3.8) is 0 Å². The van der Waals surface area contributed by atoms with Gasteiger partial charge in [-0.25, -0.2) is 15.0 Å². The molecule has 0 spiro atoms. The zero-order valence-electron chi connectivity index (χ0n) is 7.68. The van der Waals surface area contributed by atoms with Crippen LogP contribution in [0.5, 0.6) is 0 Å². The normalized spacial score (nSPS) is 10.5. The van der Waals surface area contributed by atoms with Crippen LogP contribution in [0.4, 0.5) is 0 Å². The van der Waals surface area contributed by atoms with Crippen molar-refractivity contribution in [2.75, 3.05) is 6.26 Å². The lowest BCUT2D eigenvalue weighted by Gasteiger charge is -2.00. The summed E-state index contributed by atoms with van der Waals surface area (Å²) in [5.41, 5.74) is 0. The fourth-order valence-electron chi connectivity index (χ4n) is 0.871. The van der Waals surface area contributed by atoms with E-state index >= 15 is 0 Å². The molecule has 0 aliphatic rings. The minimum absolute atomic E-state index is 0.466. The average molecular weight is 276 g/mol. The van der Waals surface area contributed by atoms with Gasteiger partial charge in [0, 0.05) is 17.6 Å². The maximum atomic E-state index is 5.87. The van der Waals surface area contributed by atoms with Gasteiger partial charge in [0.2, 0.25) is 0 Å². The molecular weight excluding hydrogens is 270 g/mol. The fourth-order valence-corrected chi connectivity index (χ4v) is 3.18. The van der Waals surface area contributed by atoms with Crippen molar-refractivity contribution in [3.05, 3.63) is 22.8 Å². The molecular formula is C8H6ClN3S3. The molecule has 78 valence electrons. The third-order valence-electron chi connectivity index (χ3n) is 1.43. The Hall–Kier alpha value is -0.300. The number of hydrogen-bond acceptors (Lipinski definition) is 6. The van der Waals surface area contributed by atoms with E-state index in [9.17, 15) is 0 Å². The summed E-state index contributed by atoms with van der Waals surface area (Å²) in [6.45, 7) is 0. The first kappa shape index (κ1) is 11.2. The van der Waals surface area contributed by atoms with E-state index < -0.39 is 0 Å². The number of thiazole rings is 1. The summed E-state index contributed by atoms with van der Waals surface area (Å²) in [5.74, 6) is 0. The van der Waals surface area contributed by atoms with Gasteiger partial charge in [0.15, 0.2) is 9.50 Å². The second kappa shape index (κ2) is 5.16. The van der Waals surface area contributed by atoms with E-state index in [1.807, 2.05) is 11.6 Å². The molecule has 2 aromatic heterocycles. The zero-order chi connectivity index (χ0) is 10.7. The van der Waals surface area contributed by atoms with Gasteiger partial charge in [0.1, 0.15) is 10.2 Å². The van der Waals surface area contributed by atoms with E-state index in [-0.39, 0.29) is 0 Å². The Morgan fingerprint density at radius 2 is 2.27 bits per heavy atom. The van der Waals surface area contributed by atoms with E-state index in [4.69, 9.17) is 11.6 Å². The molecule has 0 aliphatic heterocycles. The van der Waals surface area contributed by atoms with Crippen LogP contribution in [0.3, 0.4) is 0 Å². The molecule has 0 saturated heterocycles. The highest BCUT2D eigenvalue weighted by atomic mass is 35.5. The second-order valence-corrected chi connectivity index (χ2v) is 5.74. The molecule has 2 heterocycles. The SMILES string of the molecule is CSc1nc(Cl)cc(Sc2nccs2)n1. The maximum absolute atomic E-state index is 5.87. The Bertz CT molecular complexity index is 446. The third kappa shape index (κ3) is 3.07. The van der Waals surface area contributed by atoms with Gasteiger partial charge < -0.3 is 0 Å². The topological polar surface area (TPSA) is 38.7 Å². The van der Waals surface area contributed by atoms with Gasteiger partial charge in [0.25, 0.3) is 0 Å². The van der Waals surface area contributed by atoms with E-state index in [0.717, 1.165) is 9.37 Å². The quantitative estimate of drug-likeness (QED) is 0.487. The van der Waals surface area contributed by atoms with Gasteiger partial charge >= 0.3 is 0 Å². The Labute approximate surface area is 105 Å². The molecule has 0 aliphatic carbocycles. The summed E-state index contributed by atoms with van der Waals surface area (Å²) >= 11 is 10.4. The second-order valence-electron chi connectivity index (χ2n) is 2.42. The van der Waals surface area contributed by atoms with E-state index in [2.05, 4.69) is 15.0 Å². The van der Waals surface area contributed by atoms with Crippen molar-refractivity contribution < 1.29 is 0 Å². The number of thioether (sulfide) groups is 1. The van der Waals surface area contributed by atoms with Crippen molar-refractivity contribution >= 4 is 46.5 Å². The van der Waals surface area contributed by atoms with Crippen LogP contribution >= 0.6 is 46.5 Å². The first-order valence-electron chi connectivity index (χ1n) is 3.94. The van der Waals surface area contributed by atoms with Crippen LogP contribution in [0, 0.1) is 0 Å². The highest BCUT2D eigenvalue weighted by Crippen LogP contribution is 2.29. The van der Waals surface area contributed by atoms with Crippen LogP contribution in [0.2, 0.25) is 5.15 Å². The monoisotopic (exact) mass is 275 g/mol. The van der Waals surface area contributed by atoms with Crippen molar-refractivity contribution in [1.82, 2.24) is 15.0 Å². The number of halogens is 1.